The van der Waals surface area contributed by atoms with Gasteiger partial charge in [-0.05, 0) is 56.7 Å². The van der Waals surface area contributed by atoms with Gasteiger partial charge in [0.25, 0.3) is 0 Å². The molecule has 0 unspecified atom stereocenters. The number of rotatable bonds is 1. The van der Waals surface area contributed by atoms with Crippen molar-refractivity contribution in [2.45, 2.75) is 82.7 Å². The Morgan fingerprint density at radius 3 is 2.37 bits per heavy atom. The fourth-order valence-electron chi connectivity index (χ4n) is 4.38. The van der Waals surface area contributed by atoms with Crippen molar-refractivity contribution in [1.82, 2.24) is 10.2 Å². The maximum absolute atomic E-state index is 5.74. The highest BCUT2D eigenvalue weighted by atomic mass is 32.1. The van der Waals surface area contributed by atoms with Gasteiger partial charge in [-0.2, -0.15) is 0 Å². The molecule has 1 aliphatic heterocycles. The second-order valence-corrected chi connectivity index (χ2v) is 7.12. The number of hydrogen-bond donors (Lipinski definition) is 1. The molecule has 108 valence electrons. The molecule has 0 aromatic rings. The Morgan fingerprint density at radius 1 is 0.842 bits per heavy atom. The maximum Gasteiger partial charge on any atom is 0.169 e. The van der Waals surface area contributed by atoms with Crippen molar-refractivity contribution in [3.8, 4) is 0 Å². The number of nitrogens with zero attached hydrogens (tertiary/aromatic N) is 1. The van der Waals surface area contributed by atoms with Gasteiger partial charge in [0.15, 0.2) is 5.11 Å². The highest BCUT2D eigenvalue weighted by molar-refractivity contribution is 7.80. The molecule has 1 N–H and O–H groups in total. The van der Waals surface area contributed by atoms with Crippen LogP contribution in [0.4, 0.5) is 0 Å². The molecule has 2 saturated carbocycles. The van der Waals surface area contributed by atoms with Crippen LogP contribution in [-0.2, 0) is 0 Å². The van der Waals surface area contributed by atoms with Crippen molar-refractivity contribution in [1.29, 1.82) is 0 Å². The monoisotopic (exact) mass is 280 g/mol. The Hall–Kier alpha value is -0.310. The zero-order chi connectivity index (χ0) is 13.1. The van der Waals surface area contributed by atoms with Crippen LogP contribution in [0.3, 0.4) is 0 Å². The van der Waals surface area contributed by atoms with E-state index in [2.05, 4.69) is 10.2 Å². The highest BCUT2D eigenvalue weighted by Gasteiger charge is 2.34. The van der Waals surface area contributed by atoms with E-state index in [4.69, 9.17) is 12.2 Å². The lowest BCUT2D eigenvalue weighted by molar-refractivity contribution is 0.117. The van der Waals surface area contributed by atoms with E-state index in [1.807, 2.05) is 0 Å². The summed E-state index contributed by atoms with van der Waals surface area (Å²) in [4.78, 5) is 2.55. The van der Waals surface area contributed by atoms with E-state index >= 15 is 0 Å². The molecule has 1 heterocycles. The Labute approximate surface area is 123 Å². The van der Waals surface area contributed by atoms with Gasteiger partial charge in [0.1, 0.15) is 0 Å². The number of fused-ring (bicyclic) bond motifs is 1. The fourth-order valence-corrected chi connectivity index (χ4v) is 4.77. The van der Waals surface area contributed by atoms with E-state index in [0.29, 0.717) is 6.04 Å². The number of hydrogen-bond acceptors (Lipinski definition) is 1. The molecule has 2 nitrogen and oxygen atoms in total. The summed E-state index contributed by atoms with van der Waals surface area (Å²) in [6.45, 7) is 1.19. The predicted octanol–water partition coefficient (Wildman–Crippen LogP) is 3.85. The summed E-state index contributed by atoms with van der Waals surface area (Å²) >= 11 is 5.74. The minimum Gasteiger partial charge on any atom is -0.360 e. The first-order valence-electron chi connectivity index (χ1n) is 8.42. The van der Waals surface area contributed by atoms with Crippen LogP contribution in [0.1, 0.15) is 70.6 Å². The van der Waals surface area contributed by atoms with Crippen LogP contribution in [0.25, 0.3) is 0 Å². The van der Waals surface area contributed by atoms with Crippen molar-refractivity contribution in [2.75, 3.05) is 6.54 Å². The van der Waals surface area contributed by atoms with Gasteiger partial charge in [-0.15, -0.1) is 0 Å². The molecular formula is C16H28N2S. The number of likely N-dealkylation sites (tertiary alicyclic amines) is 1. The van der Waals surface area contributed by atoms with Crippen LogP contribution in [-0.4, -0.2) is 28.6 Å². The normalized spacial score (nSPS) is 32.7. The number of thiocarbonyl (C=S) groups is 1. The number of nitrogens with one attached hydrogen (secondary N) is 1. The van der Waals surface area contributed by atoms with Gasteiger partial charge >= 0.3 is 0 Å². The summed E-state index contributed by atoms with van der Waals surface area (Å²) < 4.78 is 0. The molecule has 0 amide bonds. The Kier molecular flexibility index (Phi) is 4.62. The van der Waals surface area contributed by atoms with Crippen LogP contribution >= 0.6 is 12.2 Å². The van der Waals surface area contributed by atoms with Crippen molar-refractivity contribution < 1.29 is 0 Å². The lowest BCUT2D eigenvalue weighted by atomic mass is 9.78. The van der Waals surface area contributed by atoms with Crippen molar-refractivity contribution >= 4 is 17.3 Å². The van der Waals surface area contributed by atoms with Gasteiger partial charge in [0.2, 0.25) is 0 Å². The van der Waals surface area contributed by atoms with Crippen LogP contribution in [0.5, 0.6) is 0 Å². The predicted molar refractivity (Wildman–Crippen MR) is 84.3 cm³/mol. The molecule has 0 aromatic heterocycles. The molecule has 3 rings (SSSR count). The minimum atomic E-state index is 0.658. The van der Waals surface area contributed by atoms with E-state index in [0.717, 1.165) is 17.1 Å². The quantitative estimate of drug-likeness (QED) is 0.735. The van der Waals surface area contributed by atoms with Crippen LogP contribution in [0.2, 0.25) is 0 Å². The summed E-state index contributed by atoms with van der Waals surface area (Å²) in [7, 11) is 0. The van der Waals surface area contributed by atoms with Gasteiger partial charge in [-0.3, -0.25) is 0 Å². The zero-order valence-corrected chi connectivity index (χ0v) is 12.9. The Balaban J connectivity index is 1.58. The van der Waals surface area contributed by atoms with E-state index in [9.17, 15) is 0 Å². The third-order valence-corrected chi connectivity index (χ3v) is 5.79. The SMILES string of the molecule is S=C(NC1CCCCC1)N1CCC[C@H]2CCCC[C@H]21. The Bertz CT molecular complexity index is 310. The van der Waals surface area contributed by atoms with Crippen LogP contribution < -0.4 is 5.32 Å². The van der Waals surface area contributed by atoms with Crippen molar-refractivity contribution in [3.05, 3.63) is 0 Å². The summed E-state index contributed by atoms with van der Waals surface area (Å²) in [5.41, 5.74) is 0. The topological polar surface area (TPSA) is 15.3 Å². The molecule has 0 radical (unpaired) electrons. The van der Waals surface area contributed by atoms with Gasteiger partial charge < -0.3 is 10.2 Å². The van der Waals surface area contributed by atoms with Gasteiger partial charge in [-0.25, -0.2) is 0 Å². The van der Waals surface area contributed by atoms with Gasteiger partial charge in [-0.1, -0.05) is 32.1 Å². The second-order valence-electron chi connectivity index (χ2n) is 6.73. The minimum absolute atomic E-state index is 0.658. The summed E-state index contributed by atoms with van der Waals surface area (Å²) in [6.07, 6.45) is 15.3. The third-order valence-electron chi connectivity index (χ3n) is 5.44. The first kappa shape index (κ1) is 13.7. The van der Waals surface area contributed by atoms with E-state index in [1.165, 1.54) is 77.2 Å². The number of piperidine rings is 1. The third kappa shape index (κ3) is 3.24. The van der Waals surface area contributed by atoms with Crippen LogP contribution in [0.15, 0.2) is 0 Å². The summed E-state index contributed by atoms with van der Waals surface area (Å²) in [5, 5.41) is 4.75. The summed E-state index contributed by atoms with van der Waals surface area (Å²) in [6, 6.07) is 1.41. The molecular weight excluding hydrogens is 252 g/mol. The van der Waals surface area contributed by atoms with Gasteiger partial charge in [0, 0.05) is 18.6 Å². The summed E-state index contributed by atoms with van der Waals surface area (Å²) in [5.74, 6) is 0.925. The highest BCUT2D eigenvalue weighted by Crippen LogP contribution is 2.35. The van der Waals surface area contributed by atoms with E-state index in [-0.39, 0.29) is 0 Å². The molecule has 0 spiro atoms. The average Bonchev–Trinajstić information content (AvgIpc) is 2.47. The molecule has 2 aliphatic carbocycles. The first-order valence-corrected chi connectivity index (χ1v) is 8.82. The lowest BCUT2D eigenvalue weighted by Crippen LogP contribution is -2.54. The molecule has 0 bridgehead atoms. The van der Waals surface area contributed by atoms with E-state index in [1.54, 1.807) is 0 Å². The average molecular weight is 280 g/mol. The fraction of sp³-hybridized carbons (Fsp3) is 0.938. The molecule has 2 atom stereocenters. The maximum atomic E-state index is 5.74. The van der Waals surface area contributed by atoms with Crippen LogP contribution in [0, 0.1) is 5.92 Å². The molecule has 3 heteroatoms. The molecule has 1 saturated heterocycles. The second kappa shape index (κ2) is 6.43. The molecule has 19 heavy (non-hydrogen) atoms. The van der Waals surface area contributed by atoms with E-state index < -0.39 is 0 Å². The molecule has 3 fully saturated rings. The Morgan fingerprint density at radius 2 is 1.53 bits per heavy atom. The standard InChI is InChI=1S/C16H28N2S/c19-16(17-14-9-2-1-3-10-14)18-12-6-8-13-7-4-5-11-15(13)18/h13-15H,1-12H2,(H,17,19)/t13-,15-/m1/s1. The molecule has 0 aromatic carbocycles. The zero-order valence-electron chi connectivity index (χ0n) is 12.1. The lowest BCUT2D eigenvalue weighted by Gasteiger charge is -2.46. The van der Waals surface area contributed by atoms with Gasteiger partial charge in [0.05, 0.1) is 0 Å². The molecule has 3 aliphatic rings. The largest absolute Gasteiger partial charge is 0.360 e. The van der Waals surface area contributed by atoms with Crippen molar-refractivity contribution in [3.63, 3.8) is 0 Å². The first-order chi connectivity index (χ1) is 9.34. The smallest absolute Gasteiger partial charge is 0.169 e. The van der Waals surface area contributed by atoms with Crippen molar-refractivity contribution in [2.24, 2.45) is 5.92 Å².